The molecular formula is C31H39ClO11S. The molecule has 9 atom stereocenters. The van der Waals surface area contributed by atoms with Crippen molar-refractivity contribution < 1.29 is 54.7 Å². The van der Waals surface area contributed by atoms with E-state index in [9.17, 15) is 35.1 Å². The topological polar surface area (TPSA) is 183 Å². The maximum Gasteiger partial charge on any atom is 0.308 e. The average molecular weight is 655 g/mol. The summed E-state index contributed by atoms with van der Waals surface area (Å²) in [6.07, 6.45) is 0.444. The van der Waals surface area contributed by atoms with Gasteiger partial charge in [0.15, 0.2) is 5.78 Å². The summed E-state index contributed by atoms with van der Waals surface area (Å²) in [5.41, 5.74) is 0. The van der Waals surface area contributed by atoms with Crippen LogP contribution in [-0.4, -0.2) is 92.1 Å². The van der Waals surface area contributed by atoms with Crippen LogP contribution in [0, 0.1) is 11.8 Å². The minimum atomic E-state index is -1.67. The maximum atomic E-state index is 12.6. The van der Waals surface area contributed by atoms with Gasteiger partial charge < -0.3 is 35.0 Å². The van der Waals surface area contributed by atoms with E-state index < -0.39 is 61.4 Å². The van der Waals surface area contributed by atoms with E-state index >= 15 is 0 Å². The maximum absolute atomic E-state index is 12.6. The molecule has 4 rings (SSSR count). The molecule has 13 heteroatoms. The van der Waals surface area contributed by atoms with Crippen LogP contribution in [0.25, 0.3) is 10.1 Å². The molecule has 1 saturated carbocycles. The number of hydrogen-bond donors (Lipinski definition) is 6. The highest BCUT2D eigenvalue weighted by molar-refractivity contribution is 7.19. The van der Waals surface area contributed by atoms with Gasteiger partial charge in [-0.05, 0) is 50.5 Å². The number of Topliss-reactive ketones (excluding diaryl/α,β-unsaturated/α-hetero) is 1. The van der Waals surface area contributed by atoms with Crippen LogP contribution in [0.1, 0.15) is 43.4 Å². The van der Waals surface area contributed by atoms with Gasteiger partial charge in [-0.3, -0.25) is 14.8 Å². The van der Waals surface area contributed by atoms with E-state index in [2.05, 4.69) is 4.89 Å². The third-order valence-corrected chi connectivity index (χ3v) is 9.79. The van der Waals surface area contributed by atoms with Gasteiger partial charge in [-0.2, -0.15) is 0 Å². The Morgan fingerprint density at radius 1 is 1.14 bits per heavy atom. The molecule has 242 valence electrons. The van der Waals surface area contributed by atoms with Crippen LogP contribution in [0.2, 0.25) is 5.02 Å². The van der Waals surface area contributed by atoms with Crippen molar-refractivity contribution in [3.63, 3.8) is 0 Å². The molecule has 0 spiro atoms. The second-order valence-corrected chi connectivity index (χ2v) is 12.7. The number of fused-ring (bicyclic) bond motifs is 1. The Kier molecular flexibility index (Phi) is 12.9. The van der Waals surface area contributed by atoms with Crippen molar-refractivity contribution in [1.29, 1.82) is 0 Å². The SMILES string of the molecule is O=C(CCC/C=C\C[C@H]1C(=O)C(O)C[C@@H]1/C=C/C(O)CCc1sc2ccccc2c1Cl)OC1O[C@H](COO)[C@@H](O)[C@H](O)[C@H]1O. The first-order valence-electron chi connectivity index (χ1n) is 14.6. The van der Waals surface area contributed by atoms with Gasteiger partial charge in [-0.1, -0.05) is 54.1 Å². The van der Waals surface area contributed by atoms with Gasteiger partial charge in [-0.15, -0.1) is 11.3 Å². The van der Waals surface area contributed by atoms with E-state index in [1.54, 1.807) is 17.4 Å². The monoisotopic (exact) mass is 654 g/mol. The first-order valence-corrected chi connectivity index (χ1v) is 15.8. The number of thiophene rings is 1. The number of aryl methyl sites for hydroxylation is 1. The van der Waals surface area contributed by atoms with Crippen LogP contribution >= 0.6 is 22.9 Å². The molecule has 1 aliphatic heterocycles. The average Bonchev–Trinajstić information content (AvgIpc) is 3.48. The normalized spacial score (nSPS) is 30.1. The number of unbranched alkanes of at least 4 members (excludes halogenated alkanes) is 1. The second kappa shape index (κ2) is 16.4. The standard InChI is InChI=1S/C31H39ClO11S/c32-26-20-8-5-6-9-23(20)44-24(26)14-13-18(33)12-11-17-15-21(34)27(36)19(17)7-3-1-2-4-10-25(35)43-31-30(39)29(38)28(37)22(42-31)16-41-40/h1,3,5-6,8-9,11-12,17-19,21-22,28-31,33-34,37-40H,2,4,7,10,13-16H2/b3-1-,12-11+/t17-,18?,19+,21?,22+,28+,29-,30+,31?/m0/s1. The number of carbonyl (C=O) groups excluding carboxylic acids is 2. The molecule has 1 aromatic carbocycles. The Morgan fingerprint density at radius 2 is 1.91 bits per heavy atom. The number of aliphatic hydroxyl groups is 5. The summed E-state index contributed by atoms with van der Waals surface area (Å²) in [6.45, 7) is -0.496. The van der Waals surface area contributed by atoms with Crippen molar-refractivity contribution in [2.24, 2.45) is 11.8 Å². The highest BCUT2D eigenvalue weighted by Crippen LogP contribution is 2.36. The fourth-order valence-electron chi connectivity index (χ4n) is 5.51. The Labute approximate surface area is 263 Å². The molecule has 3 unspecified atom stereocenters. The number of halogens is 1. The van der Waals surface area contributed by atoms with Crippen LogP contribution in [-0.2, 0) is 30.4 Å². The minimum absolute atomic E-state index is 0.0201. The van der Waals surface area contributed by atoms with E-state index in [1.165, 1.54) is 0 Å². The lowest BCUT2D eigenvalue weighted by Gasteiger charge is -2.39. The molecule has 2 aromatic rings. The molecule has 11 nitrogen and oxygen atoms in total. The fraction of sp³-hybridized carbons (Fsp3) is 0.548. The lowest BCUT2D eigenvalue weighted by Crippen LogP contribution is -2.59. The zero-order valence-electron chi connectivity index (χ0n) is 24.0. The van der Waals surface area contributed by atoms with E-state index in [0.717, 1.165) is 20.0 Å². The molecule has 2 fully saturated rings. The summed E-state index contributed by atoms with van der Waals surface area (Å²) >= 11 is 8.12. The van der Waals surface area contributed by atoms with Gasteiger partial charge in [0.2, 0.25) is 6.29 Å². The number of rotatable bonds is 14. The van der Waals surface area contributed by atoms with Crippen molar-refractivity contribution in [2.75, 3.05) is 6.61 Å². The van der Waals surface area contributed by atoms with Crippen LogP contribution in [0.5, 0.6) is 0 Å². The second-order valence-electron chi connectivity index (χ2n) is 11.2. The van der Waals surface area contributed by atoms with E-state index in [0.29, 0.717) is 38.5 Å². The van der Waals surface area contributed by atoms with Gasteiger partial charge in [0, 0.05) is 27.3 Å². The van der Waals surface area contributed by atoms with Crippen LogP contribution < -0.4 is 0 Å². The van der Waals surface area contributed by atoms with E-state index in [4.69, 9.17) is 26.3 Å². The smallest absolute Gasteiger partial charge is 0.308 e. The molecule has 44 heavy (non-hydrogen) atoms. The molecule has 2 heterocycles. The van der Waals surface area contributed by atoms with Gasteiger partial charge in [0.25, 0.3) is 0 Å². The van der Waals surface area contributed by atoms with Crippen LogP contribution in [0.3, 0.4) is 0 Å². The fourth-order valence-corrected chi connectivity index (χ4v) is 7.05. The summed E-state index contributed by atoms with van der Waals surface area (Å²) in [5, 5.41) is 60.9. The summed E-state index contributed by atoms with van der Waals surface area (Å²) in [5.74, 6) is -1.56. The number of hydrogen-bond acceptors (Lipinski definition) is 12. The van der Waals surface area contributed by atoms with Crippen molar-refractivity contribution in [3.05, 3.63) is 58.5 Å². The van der Waals surface area contributed by atoms with Crippen molar-refractivity contribution in [1.82, 2.24) is 0 Å². The van der Waals surface area contributed by atoms with E-state index in [1.807, 2.05) is 42.5 Å². The number of benzene rings is 1. The van der Waals surface area contributed by atoms with Gasteiger partial charge >= 0.3 is 5.97 Å². The first kappa shape index (κ1) is 34.6. The molecule has 1 saturated heterocycles. The zero-order chi connectivity index (χ0) is 31.8. The highest BCUT2D eigenvalue weighted by atomic mass is 35.5. The molecular weight excluding hydrogens is 616 g/mol. The largest absolute Gasteiger partial charge is 0.433 e. The van der Waals surface area contributed by atoms with Gasteiger partial charge in [-0.25, -0.2) is 4.89 Å². The Bertz CT molecular complexity index is 1310. The lowest BCUT2D eigenvalue weighted by atomic mass is 9.91. The molecule has 1 aliphatic carbocycles. The first-order chi connectivity index (χ1) is 21.1. The van der Waals surface area contributed by atoms with Gasteiger partial charge in [0.1, 0.15) is 37.1 Å². The predicted octanol–water partition coefficient (Wildman–Crippen LogP) is 2.93. The summed E-state index contributed by atoms with van der Waals surface area (Å²) in [4.78, 5) is 29.7. The number of ether oxygens (including phenoxy) is 2. The molecule has 0 amide bonds. The number of aliphatic hydroxyl groups excluding tert-OH is 5. The summed E-state index contributed by atoms with van der Waals surface area (Å²) in [6, 6.07) is 7.90. The molecule has 6 N–H and O–H groups in total. The van der Waals surface area contributed by atoms with Crippen molar-refractivity contribution in [2.45, 2.75) is 87.9 Å². The Morgan fingerprint density at radius 3 is 2.66 bits per heavy atom. The lowest BCUT2D eigenvalue weighted by molar-refractivity contribution is -0.325. The molecule has 0 bridgehead atoms. The number of allylic oxidation sites excluding steroid dienone is 3. The predicted molar refractivity (Wildman–Crippen MR) is 162 cm³/mol. The molecule has 2 aliphatic rings. The third kappa shape index (κ3) is 8.73. The summed E-state index contributed by atoms with van der Waals surface area (Å²) < 4.78 is 11.4. The Balaban J connectivity index is 1.19. The van der Waals surface area contributed by atoms with E-state index in [-0.39, 0.29) is 18.1 Å². The van der Waals surface area contributed by atoms with Crippen molar-refractivity contribution in [3.8, 4) is 0 Å². The van der Waals surface area contributed by atoms with Crippen LogP contribution in [0.4, 0.5) is 0 Å². The zero-order valence-corrected chi connectivity index (χ0v) is 25.6. The number of carbonyl (C=O) groups is 2. The third-order valence-electron chi connectivity index (χ3n) is 8.02. The highest BCUT2D eigenvalue weighted by Gasteiger charge is 2.45. The van der Waals surface area contributed by atoms with Crippen LogP contribution in [0.15, 0.2) is 48.6 Å². The number of esters is 1. The van der Waals surface area contributed by atoms with Crippen molar-refractivity contribution >= 4 is 44.8 Å². The minimum Gasteiger partial charge on any atom is -0.433 e. The quantitative estimate of drug-likeness (QED) is 0.0579. The summed E-state index contributed by atoms with van der Waals surface area (Å²) in [7, 11) is 0. The Hall–Kier alpha value is -2.23. The molecule has 1 aromatic heterocycles. The number of ketones is 1. The molecule has 0 radical (unpaired) electrons. The van der Waals surface area contributed by atoms with Gasteiger partial charge in [0.05, 0.1) is 11.1 Å².